The summed E-state index contributed by atoms with van der Waals surface area (Å²) in [7, 11) is 0. The summed E-state index contributed by atoms with van der Waals surface area (Å²) in [6, 6.07) is 7.68. The van der Waals surface area contributed by atoms with Gasteiger partial charge in [-0.15, -0.1) is 0 Å². The maximum Gasteiger partial charge on any atom is 0.414 e. The van der Waals surface area contributed by atoms with E-state index in [2.05, 4.69) is 20.9 Å². The first-order chi connectivity index (χ1) is 15.6. The SMILES string of the molecule is CCOC(=O)[C@H](CCCN=C([15NH]C(=O)CC)[15NH]C(=O)OC(C)(C)C)NC(=O)c1ccccc1. The average Bonchev–Trinajstić information content (AvgIpc) is 2.74. The van der Waals surface area contributed by atoms with E-state index in [-0.39, 0.29) is 43.8 Å². The number of carbonyl (C=O) groups excluding carboxylic acids is 4. The Balaban J connectivity index is 2.77. The topological polar surface area (TPSA) is 135 Å². The molecule has 0 heterocycles. The number of nitrogens with zero attached hydrogens (tertiary/aromatic N) is 1. The highest BCUT2D eigenvalue weighted by Gasteiger charge is 2.22. The minimum absolute atomic E-state index is 0.0443. The van der Waals surface area contributed by atoms with Crippen LogP contribution in [-0.4, -0.2) is 54.6 Å². The van der Waals surface area contributed by atoms with Crippen molar-refractivity contribution < 1.29 is 28.7 Å². The molecule has 1 rings (SSSR count). The van der Waals surface area contributed by atoms with Crippen molar-refractivity contribution in [2.24, 2.45) is 4.99 Å². The molecule has 1 aromatic carbocycles. The molecule has 0 fully saturated rings. The lowest BCUT2D eigenvalue weighted by Gasteiger charge is -2.20. The molecule has 0 aliphatic heterocycles. The molecule has 10 nitrogen and oxygen atoms in total. The molecule has 1 aromatic rings. The molecular formula is C23H34N4O6. The van der Waals surface area contributed by atoms with Crippen LogP contribution in [0.3, 0.4) is 0 Å². The van der Waals surface area contributed by atoms with Crippen LogP contribution in [0, 0.1) is 0 Å². The second-order valence-electron chi connectivity index (χ2n) is 8.05. The number of amides is 3. The number of benzene rings is 1. The van der Waals surface area contributed by atoms with Crippen LogP contribution in [0.5, 0.6) is 0 Å². The second kappa shape index (κ2) is 13.9. The van der Waals surface area contributed by atoms with Gasteiger partial charge in [0.2, 0.25) is 11.9 Å². The summed E-state index contributed by atoms with van der Waals surface area (Å²) in [5.41, 5.74) is -0.288. The Bertz CT molecular complexity index is 833. The fourth-order valence-electron chi connectivity index (χ4n) is 2.54. The van der Waals surface area contributed by atoms with Gasteiger partial charge in [-0.25, -0.2) is 9.59 Å². The van der Waals surface area contributed by atoms with E-state index in [1.807, 2.05) is 0 Å². The Morgan fingerprint density at radius 1 is 1.03 bits per heavy atom. The molecule has 3 amide bonds. The number of guanidine groups is 1. The van der Waals surface area contributed by atoms with Gasteiger partial charge < -0.3 is 14.8 Å². The first-order valence-electron chi connectivity index (χ1n) is 10.9. The van der Waals surface area contributed by atoms with Gasteiger partial charge in [0.05, 0.1) is 6.61 Å². The molecule has 10 heteroatoms. The standard InChI is InChI=1S/C23H34N4O6/c1-6-18(28)26-21(27-22(31)33-23(3,4)5)24-15-11-14-17(20(30)32-7-2)25-19(29)16-12-9-8-10-13-16/h8-10,12-13,17H,6-7,11,14-15H2,1-5H3,(H,25,29)(H2,24,26,27,28,31)/t17-/m0/s1/i26+1,27+1. The summed E-state index contributed by atoms with van der Waals surface area (Å²) in [4.78, 5) is 52.7. The Kier molecular flexibility index (Phi) is 11.6. The quantitative estimate of drug-likeness (QED) is 0.169. The lowest BCUT2D eigenvalue weighted by molar-refractivity contribution is -0.145. The van der Waals surface area contributed by atoms with Gasteiger partial charge in [-0.05, 0) is 52.7 Å². The molecule has 0 aliphatic rings. The Hall–Kier alpha value is -3.43. The minimum Gasteiger partial charge on any atom is -0.464 e. The fourth-order valence-corrected chi connectivity index (χ4v) is 2.54. The van der Waals surface area contributed by atoms with Crippen LogP contribution in [0.25, 0.3) is 0 Å². The summed E-state index contributed by atoms with van der Waals surface area (Å²) in [5, 5.41) is 7.61. The molecular weight excluding hydrogens is 430 g/mol. The van der Waals surface area contributed by atoms with Gasteiger partial charge in [0, 0.05) is 18.5 Å². The van der Waals surface area contributed by atoms with Crippen molar-refractivity contribution in [1.82, 2.24) is 16.0 Å². The van der Waals surface area contributed by atoms with E-state index in [4.69, 9.17) is 9.47 Å². The van der Waals surface area contributed by atoms with E-state index >= 15 is 0 Å². The Morgan fingerprint density at radius 3 is 2.27 bits per heavy atom. The zero-order valence-electron chi connectivity index (χ0n) is 19.9. The van der Waals surface area contributed by atoms with Crippen LogP contribution < -0.4 is 16.0 Å². The number of hydrogen-bond acceptors (Lipinski definition) is 7. The van der Waals surface area contributed by atoms with E-state index in [0.717, 1.165) is 0 Å². The first-order valence-corrected chi connectivity index (χ1v) is 10.9. The fraction of sp³-hybridized carbons (Fsp3) is 0.522. The lowest BCUT2D eigenvalue weighted by atomic mass is 10.1. The Labute approximate surface area is 194 Å². The molecule has 0 radical (unpaired) electrons. The third-order valence-electron chi connectivity index (χ3n) is 4.03. The molecule has 0 bridgehead atoms. The lowest BCUT2D eigenvalue weighted by Crippen LogP contribution is -2.45. The van der Waals surface area contributed by atoms with Crippen molar-refractivity contribution >= 4 is 29.8 Å². The van der Waals surface area contributed by atoms with Gasteiger partial charge in [-0.1, -0.05) is 25.1 Å². The van der Waals surface area contributed by atoms with Crippen molar-refractivity contribution in [3.63, 3.8) is 0 Å². The van der Waals surface area contributed by atoms with Crippen LogP contribution in [0.15, 0.2) is 35.3 Å². The third-order valence-corrected chi connectivity index (χ3v) is 4.03. The molecule has 0 spiro atoms. The molecule has 0 saturated heterocycles. The zero-order chi connectivity index (χ0) is 24.9. The molecule has 0 saturated carbocycles. The van der Waals surface area contributed by atoms with E-state index in [1.165, 1.54) is 0 Å². The number of carbonyl (C=O) groups is 4. The summed E-state index contributed by atoms with van der Waals surface area (Å²) < 4.78 is 10.2. The minimum atomic E-state index is -0.861. The van der Waals surface area contributed by atoms with Gasteiger partial charge in [0.1, 0.15) is 11.6 Å². The monoisotopic (exact) mass is 464 g/mol. The van der Waals surface area contributed by atoms with Crippen LogP contribution in [0.4, 0.5) is 4.79 Å². The van der Waals surface area contributed by atoms with Crippen LogP contribution in [0.1, 0.15) is 64.2 Å². The zero-order valence-corrected chi connectivity index (χ0v) is 19.9. The molecule has 33 heavy (non-hydrogen) atoms. The van der Waals surface area contributed by atoms with Crippen molar-refractivity contribution in [2.75, 3.05) is 13.2 Å². The molecule has 0 aromatic heterocycles. The van der Waals surface area contributed by atoms with Crippen molar-refractivity contribution in [3.8, 4) is 0 Å². The van der Waals surface area contributed by atoms with Gasteiger partial charge in [0.15, 0.2) is 0 Å². The summed E-state index contributed by atoms with van der Waals surface area (Å²) in [5.74, 6) is -1.31. The number of rotatable bonds is 9. The summed E-state index contributed by atoms with van der Waals surface area (Å²) >= 11 is 0. The van der Waals surface area contributed by atoms with E-state index in [9.17, 15) is 19.2 Å². The molecule has 0 unspecified atom stereocenters. The summed E-state index contributed by atoms with van der Waals surface area (Å²) in [6.07, 6.45) is 0.0746. The van der Waals surface area contributed by atoms with Crippen LogP contribution >= 0.6 is 0 Å². The third kappa shape index (κ3) is 11.7. The molecule has 3 N–H and O–H groups in total. The van der Waals surface area contributed by atoms with Crippen molar-refractivity contribution in [3.05, 3.63) is 35.9 Å². The molecule has 0 aliphatic carbocycles. The average molecular weight is 465 g/mol. The predicted molar refractivity (Wildman–Crippen MR) is 124 cm³/mol. The van der Waals surface area contributed by atoms with Crippen molar-refractivity contribution in [1.29, 1.82) is 0 Å². The van der Waals surface area contributed by atoms with Crippen molar-refractivity contribution in [2.45, 2.75) is 65.5 Å². The van der Waals surface area contributed by atoms with Crippen LogP contribution in [0.2, 0.25) is 0 Å². The normalized spacial score (nSPS) is 12.3. The van der Waals surface area contributed by atoms with E-state index in [0.29, 0.717) is 12.0 Å². The Morgan fingerprint density at radius 2 is 1.70 bits per heavy atom. The number of hydrogen-bond donors (Lipinski definition) is 3. The van der Waals surface area contributed by atoms with Gasteiger partial charge in [-0.2, -0.15) is 0 Å². The summed E-state index contributed by atoms with van der Waals surface area (Å²) in [6.45, 7) is 8.85. The van der Waals surface area contributed by atoms with Gasteiger partial charge in [0.25, 0.3) is 5.91 Å². The smallest absolute Gasteiger partial charge is 0.414 e. The highest BCUT2D eigenvalue weighted by molar-refractivity contribution is 6.03. The number of ether oxygens (including phenoxy) is 2. The van der Waals surface area contributed by atoms with Crippen LogP contribution in [-0.2, 0) is 19.1 Å². The maximum absolute atomic E-state index is 12.4. The van der Waals surface area contributed by atoms with E-state index < -0.39 is 23.7 Å². The number of nitrogens with one attached hydrogen (secondary N) is 3. The highest BCUT2D eigenvalue weighted by Crippen LogP contribution is 2.07. The molecule has 1 atom stereocenters. The predicted octanol–water partition coefficient (Wildman–Crippen LogP) is 2.54. The molecule has 182 valence electrons. The second-order valence-corrected chi connectivity index (χ2v) is 8.05. The maximum atomic E-state index is 12.4. The largest absolute Gasteiger partial charge is 0.464 e. The van der Waals surface area contributed by atoms with Gasteiger partial charge >= 0.3 is 12.1 Å². The number of esters is 1. The number of aliphatic imine (C=N–C) groups is 1. The number of alkyl carbamates (subject to hydrolysis) is 1. The highest BCUT2D eigenvalue weighted by atomic mass is 16.6. The van der Waals surface area contributed by atoms with Gasteiger partial charge in [-0.3, -0.25) is 25.2 Å². The van der Waals surface area contributed by atoms with E-state index in [1.54, 1.807) is 65.0 Å². The first kappa shape index (κ1) is 27.6.